The Morgan fingerprint density at radius 1 is 1.23 bits per heavy atom. The highest BCUT2D eigenvalue weighted by molar-refractivity contribution is 7.20. The number of methoxy groups -OCH3 is 1. The van der Waals surface area contributed by atoms with Crippen LogP contribution in [-0.4, -0.2) is 39.2 Å². The van der Waals surface area contributed by atoms with Gasteiger partial charge in [-0.2, -0.15) is 0 Å². The molecule has 0 fully saturated rings. The molecule has 0 atom stereocenters. The van der Waals surface area contributed by atoms with Crippen molar-refractivity contribution in [2.45, 2.75) is 13.8 Å². The average Bonchev–Trinajstić information content (AvgIpc) is 2.92. The van der Waals surface area contributed by atoms with Gasteiger partial charge in [-0.15, -0.1) is 11.3 Å². The zero-order chi connectivity index (χ0) is 19.0. The summed E-state index contributed by atoms with van der Waals surface area (Å²) in [5.74, 6) is -1.08. The number of nitrogens with zero attached hydrogens (tertiary/aromatic N) is 2. The summed E-state index contributed by atoms with van der Waals surface area (Å²) in [6, 6.07) is 4.13. The molecule has 0 aliphatic rings. The molecular formula is C17H15N3O5S. The molecule has 0 unspecified atom stereocenters. The van der Waals surface area contributed by atoms with Gasteiger partial charge in [0.05, 0.1) is 12.5 Å². The smallest absolute Gasteiger partial charge is 0.348 e. The van der Waals surface area contributed by atoms with E-state index in [9.17, 15) is 14.7 Å². The van der Waals surface area contributed by atoms with Crippen molar-refractivity contribution in [3.63, 3.8) is 0 Å². The second-order valence-corrected chi connectivity index (χ2v) is 6.51. The number of carboxylic acids is 1. The molecule has 3 rings (SSSR count). The number of aromatic nitrogens is 2. The van der Waals surface area contributed by atoms with E-state index in [1.165, 1.54) is 36.6 Å². The molecule has 0 bridgehead atoms. The average molecular weight is 373 g/mol. The number of aromatic carboxylic acids is 1. The third-order valence-electron chi connectivity index (χ3n) is 3.76. The fourth-order valence-corrected chi connectivity index (χ4v) is 3.69. The molecule has 1 aromatic carbocycles. The minimum absolute atomic E-state index is 0.227. The Hall–Kier alpha value is -3.20. The van der Waals surface area contributed by atoms with Crippen molar-refractivity contribution >= 4 is 45.0 Å². The van der Waals surface area contributed by atoms with Crippen LogP contribution in [0.1, 0.15) is 31.4 Å². The standard InChI is InChI=1S/C17H15N3O5S/c1-7-12-14(20-9-4-5-11(21)10(6-9)16(22)23)18-8(2)19-15(12)26-13(7)17(24)25-3/h4-6,21H,1-3H3,(H,22,23)(H,18,19,20). The first kappa shape index (κ1) is 17.6. The van der Waals surface area contributed by atoms with E-state index >= 15 is 0 Å². The summed E-state index contributed by atoms with van der Waals surface area (Å²) in [6.07, 6.45) is 0. The molecule has 2 aromatic heterocycles. The van der Waals surface area contributed by atoms with Crippen LogP contribution in [0.4, 0.5) is 11.5 Å². The summed E-state index contributed by atoms with van der Waals surface area (Å²) in [6.45, 7) is 3.49. The predicted molar refractivity (Wildman–Crippen MR) is 96.6 cm³/mol. The van der Waals surface area contributed by atoms with E-state index < -0.39 is 11.9 Å². The second kappa shape index (κ2) is 6.60. The fraction of sp³-hybridized carbons (Fsp3) is 0.176. The number of carbonyl (C=O) groups excluding carboxylic acids is 1. The molecule has 0 saturated carbocycles. The van der Waals surface area contributed by atoms with Crippen molar-refractivity contribution < 1.29 is 24.5 Å². The Balaban J connectivity index is 2.13. The molecule has 3 N–H and O–H groups in total. The molecule has 0 saturated heterocycles. The highest BCUT2D eigenvalue weighted by Gasteiger charge is 2.21. The number of hydrogen-bond donors (Lipinski definition) is 3. The number of aromatic hydroxyl groups is 1. The van der Waals surface area contributed by atoms with Gasteiger partial charge in [0.2, 0.25) is 0 Å². The zero-order valence-corrected chi connectivity index (χ0v) is 15.0. The number of fused-ring (bicyclic) bond motifs is 1. The second-order valence-electron chi connectivity index (χ2n) is 5.51. The monoisotopic (exact) mass is 373 g/mol. The van der Waals surface area contributed by atoms with Crippen molar-refractivity contribution in [3.8, 4) is 5.75 Å². The third-order valence-corrected chi connectivity index (χ3v) is 4.93. The van der Waals surface area contributed by atoms with Crippen LogP contribution < -0.4 is 5.32 Å². The van der Waals surface area contributed by atoms with Crippen molar-refractivity contribution in [2.75, 3.05) is 12.4 Å². The summed E-state index contributed by atoms with van der Waals surface area (Å²) in [5, 5.41) is 22.5. The van der Waals surface area contributed by atoms with Gasteiger partial charge in [-0.05, 0) is 37.6 Å². The van der Waals surface area contributed by atoms with E-state index in [0.717, 1.165) is 0 Å². The van der Waals surface area contributed by atoms with Crippen LogP contribution in [0.5, 0.6) is 5.75 Å². The number of ether oxygens (including phenoxy) is 1. The quantitative estimate of drug-likeness (QED) is 0.471. The number of nitrogens with one attached hydrogen (secondary N) is 1. The first-order valence-corrected chi connectivity index (χ1v) is 8.33. The Kier molecular flexibility index (Phi) is 4.47. The number of carboxylic acid groups (broad SMARTS) is 1. The predicted octanol–water partition coefficient (Wildman–Crippen LogP) is 3.24. The third kappa shape index (κ3) is 3.04. The molecule has 8 nitrogen and oxygen atoms in total. The molecule has 26 heavy (non-hydrogen) atoms. The molecular weight excluding hydrogens is 358 g/mol. The summed E-state index contributed by atoms with van der Waals surface area (Å²) in [5.41, 5.74) is 0.885. The van der Waals surface area contributed by atoms with Crippen LogP contribution in [0.15, 0.2) is 18.2 Å². The Labute approximate surface area is 152 Å². The highest BCUT2D eigenvalue weighted by Crippen LogP contribution is 2.35. The van der Waals surface area contributed by atoms with Gasteiger partial charge < -0.3 is 20.3 Å². The number of aryl methyl sites for hydroxylation is 2. The van der Waals surface area contributed by atoms with Gasteiger partial charge in [0.1, 0.15) is 32.7 Å². The van der Waals surface area contributed by atoms with E-state index in [2.05, 4.69) is 15.3 Å². The molecule has 0 aliphatic heterocycles. The van der Waals surface area contributed by atoms with Gasteiger partial charge in [-0.25, -0.2) is 19.6 Å². The zero-order valence-electron chi connectivity index (χ0n) is 14.2. The number of benzene rings is 1. The summed E-state index contributed by atoms with van der Waals surface area (Å²) in [4.78, 5) is 32.9. The van der Waals surface area contributed by atoms with E-state index in [1.807, 2.05) is 0 Å². The number of carbonyl (C=O) groups is 2. The van der Waals surface area contributed by atoms with Gasteiger partial charge >= 0.3 is 11.9 Å². The Morgan fingerprint density at radius 2 is 1.96 bits per heavy atom. The molecule has 0 radical (unpaired) electrons. The Morgan fingerprint density at radius 3 is 2.62 bits per heavy atom. The van der Waals surface area contributed by atoms with Crippen LogP contribution in [-0.2, 0) is 4.74 Å². The summed E-state index contributed by atoms with van der Waals surface area (Å²) in [7, 11) is 1.31. The number of esters is 1. The molecule has 2 heterocycles. The SMILES string of the molecule is COC(=O)c1sc2nc(C)nc(Nc3ccc(O)c(C(=O)O)c3)c2c1C. The van der Waals surface area contributed by atoms with Crippen molar-refractivity contribution in [3.05, 3.63) is 40.0 Å². The van der Waals surface area contributed by atoms with Crippen LogP contribution in [0.25, 0.3) is 10.2 Å². The number of anilines is 2. The normalized spacial score (nSPS) is 10.7. The van der Waals surface area contributed by atoms with Gasteiger partial charge in [-0.1, -0.05) is 0 Å². The fourth-order valence-electron chi connectivity index (χ4n) is 2.55. The molecule has 0 spiro atoms. The van der Waals surface area contributed by atoms with Gasteiger partial charge in [0.15, 0.2) is 0 Å². The minimum Gasteiger partial charge on any atom is -0.507 e. The van der Waals surface area contributed by atoms with Gasteiger partial charge in [0.25, 0.3) is 0 Å². The van der Waals surface area contributed by atoms with E-state index in [1.54, 1.807) is 13.8 Å². The molecule has 9 heteroatoms. The maximum Gasteiger partial charge on any atom is 0.348 e. The summed E-state index contributed by atoms with van der Waals surface area (Å²) >= 11 is 1.21. The first-order chi connectivity index (χ1) is 12.3. The maximum absolute atomic E-state index is 11.9. The maximum atomic E-state index is 11.9. The minimum atomic E-state index is -1.24. The topological polar surface area (TPSA) is 122 Å². The lowest BCUT2D eigenvalue weighted by molar-refractivity contribution is 0.0604. The highest BCUT2D eigenvalue weighted by atomic mass is 32.1. The first-order valence-electron chi connectivity index (χ1n) is 7.51. The molecule has 3 aromatic rings. The molecule has 134 valence electrons. The van der Waals surface area contributed by atoms with Crippen molar-refractivity contribution in [1.29, 1.82) is 0 Å². The van der Waals surface area contributed by atoms with E-state index in [0.29, 0.717) is 38.0 Å². The lowest BCUT2D eigenvalue weighted by Crippen LogP contribution is -2.02. The van der Waals surface area contributed by atoms with Gasteiger partial charge in [0, 0.05) is 5.69 Å². The number of thiophene rings is 1. The summed E-state index contributed by atoms with van der Waals surface area (Å²) < 4.78 is 4.80. The van der Waals surface area contributed by atoms with Gasteiger partial charge in [-0.3, -0.25) is 0 Å². The largest absolute Gasteiger partial charge is 0.507 e. The Bertz CT molecular complexity index is 1040. The number of hydrogen-bond acceptors (Lipinski definition) is 8. The van der Waals surface area contributed by atoms with Crippen LogP contribution >= 0.6 is 11.3 Å². The molecule has 0 amide bonds. The van der Waals surface area contributed by atoms with E-state index in [-0.39, 0.29) is 11.3 Å². The number of rotatable bonds is 4. The van der Waals surface area contributed by atoms with Crippen LogP contribution in [0.3, 0.4) is 0 Å². The molecule has 0 aliphatic carbocycles. The van der Waals surface area contributed by atoms with Crippen molar-refractivity contribution in [1.82, 2.24) is 9.97 Å². The number of phenols is 1. The lowest BCUT2D eigenvalue weighted by atomic mass is 10.1. The van der Waals surface area contributed by atoms with Crippen LogP contribution in [0.2, 0.25) is 0 Å². The lowest BCUT2D eigenvalue weighted by Gasteiger charge is -2.10. The van der Waals surface area contributed by atoms with E-state index in [4.69, 9.17) is 9.84 Å². The van der Waals surface area contributed by atoms with Crippen LogP contribution in [0, 0.1) is 13.8 Å². The van der Waals surface area contributed by atoms with Crippen molar-refractivity contribution in [2.24, 2.45) is 0 Å².